The molecule has 8 heteroatoms. The van der Waals surface area contributed by atoms with Gasteiger partial charge in [0.2, 0.25) is 0 Å². The maximum absolute atomic E-state index is 12.3. The largest absolute Gasteiger partial charge is 0.315 e. The number of rotatable bonds is 5. The van der Waals surface area contributed by atoms with Crippen LogP contribution in [0.25, 0.3) is 0 Å². The monoisotopic (exact) mass is 394 g/mol. The van der Waals surface area contributed by atoms with Gasteiger partial charge in [-0.05, 0) is 37.4 Å². The van der Waals surface area contributed by atoms with Gasteiger partial charge in [0.25, 0.3) is 10.0 Å². The minimum atomic E-state index is -3.61. The maximum Gasteiger partial charge on any atom is 0.271 e. The van der Waals surface area contributed by atoms with E-state index in [1.165, 1.54) is 11.3 Å². The molecule has 1 aromatic heterocycles. The third kappa shape index (κ3) is 3.73. The van der Waals surface area contributed by atoms with E-state index in [9.17, 15) is 8.42 Å². The Kier molecular flexibility index (Phi) is 5.09. The molecule has 0 aliphatic heterocycles. The highest BCUT2D eigenvalue weighted by molar-refractivity contribution is 9.10. The standard InChI is InChI=1S/C12H12BrClN2O2S2/c1-15-7-9-3-5-12(19-9)20(17,18)16-11-4-2-8(13)6-10(11)14/h2-6,15-16H,7H2,1H3. The van der Waals surface area contributed by atoms with Crippen LogP contribution in [-0.4, -0.2) is 15.5 Å². The second kappa shape index (κ2) is 6.44. The average molecular weight is 396 g/mol. The van der Waals surface area contributed by atoms with Crippen LogP contribution in [0.3, 0.4) is 0 Å². The normalized spacial score (nSPS) is 11.6. The van der Waals surface area contributed by atoms with Crippen molar-refractivity contribution in [2.24, 2.45) is 0 Å². The number of sulfonamides is 1. The molecule has 108 valence electrons. The van der Waals surface area contributed by atoms with Gasteiger partial charge in [-0.15, -0.1) is 11.3 Å². The molecule has 2 N–H and O–H groups in total. The number of benzene rings is 1. The lowest BCUT2D eigenvalue weighted by Gasteiger charge is -2.08. The molecule has 0 amide bonds. The van der Waals surface area contributed by atoms with Crippen LogP contribution in [-0.2, 0) is 16.6 Å². The summed E-state index contributed by atoms with van der Waals surface area (Å²) in [6, 6.07) is 8.36. The third-order valence-electron chi connectivity index (χ3n) is 2.43. The van der Waals surface area contributed by atoms with Gasteiger partial charge in [-0.3, -0.25) is 4.72 Å². The summed E-state index contributed by atoms with van der Waals surface area (Å²) in [5.74, 6) is 0. The van der Waals surface area contributed by atoms with Crippen LogP contribution in [0.4, 0.5) is 5.69 Å². The zero-order valence-electron chi connectivity index (χ0n) is 10.5. The van der Waals surface area contributed by atoms with Gasteiger partial charge in [-0.1, -0.05) is 27.5 Å². The highest BCUT2D eigenvalue weighted by atomic mass is 79.9. The van der Waals surface area contributed by atoms with Crippen molar-refractivity contribution < 1.29 is 8.42 Å². The molecule has 0 spiro atoms. The Bertz CT molecular complexity index is 716. The maximum atomic E-state index is 12.3. The Balaban J connectivity index is 2.26. The predicted octanol–water partition coefficient (Wildman–Crippen LogP) is 3.68. The Morgan fingerprint density at radius 2 is 2.05 bits per heavy atom. The van der Waals surface area contributed by atoms with Crippen molar-refractivity contribution in [1.82, 2.24) is 5.32 Å². The summed E-state index contributed by atoms with van der Waals surface area (Å²) in [6.45, 7) is 0.638. The Morgan fingerprint density at radius 3 is 2.70 bits per heavy atom. The van der Waals surface area contributed by atoms with E-state index in [0.29, 0.717) is 17.3 Å². The Morgan fingerprint density at radius 1 is 1.30 bits per heavy atom. The van der Waals surface area contributed by atoms with Crippen molar-refractivity contribution in [3.63, 3.8) is 0 Å². The van der Waals surface area contributed by atoms with Crippen LogP contribution in [0.5, 0.6) is 0 Å². The van der Waals surface area contributed by atoms with E-state index in [-0.39, 0.29) is 4.21 Å². The van der Waals surface area contributed by atoms with Gasteiger partial charge >= 0.3 is 0 Å². The van der Waals surface area contributed by atoms with E-state index in [1.54, 1.807) is 30.3 Å². The summed E-state index contributed by atoms with van der Waals surface area (Å²) < 4.78 is 28.1. The molecule has 0 aliphatic rings. The SMILES string of the molecule is CNCc1ccc(S(=O)(=O)Nc2ccc(Br)cc2Cl)s1. The predicted molar refractivity (Wildman–Crippen MR) is 87.0 cm³/mol. The lowest BCUT2D eigenvalue weighted by atomic mass is 10.3. The molecule has 2 aromatic rings. The van der Waals surface area contributed by atoms with Gasteiger partial charge in [0.15, 0.2) is 0 Å². The topological polar surface area (TPSA) is 58.2 Å². The molecule has 0 fully saturated rings. The molecule has 0 unspecified atom stereocenters. The van der Waals surface area contributed by atoms with Crippen molar-refractivity contribution in [2.45, 2.75) is 10.8 Å². The van der Waals surface area contributed by atoms with Gasteiger partial charge in [-0.25, -0.2) is 8.42 Å². The van der Waals surface area contributed by atoms with Crippen LogP contribution in [0.15, 0.2) is 39.0 Å². The molecular weight excluding hydrogens is 384 g/mol. The quantitative estimate of drug-likeness (QED) is 0.812. The van der Waals surface area contributed by atoms with Crippen LogP contribution < -0.4 is 10.0 Å². The van der Waals surface area contributed by atoms with Crippen molar-refractivity contribution in [3.8, 4) is 0 Å². The molecule has 0 bridgehead atoms. The number of halogens is 2. The number of anilines is 1. The molecule has 0 atom stereocenters. The second-order valence-corrected chi connectivity index (χ2v) is 8.38. The van der Waals surface area contributed by atoms with Crippen molar-refractivity contribution in [1.29, 1.82) is 0 Å². The number of nitrogens with one attached hydrogen (secondary N) is 2. The molecule has 2 rings (SSSR count). The minimum absolute atomic E-state index is 0.265. The second-order valence-electron chi connectivity index (χ2n) is 3.98. The summed E-state index contributed by atoms with van der Waals surface area (Å²) in [5.41, 5.74) is 0.360. The van der Waals surface area contributed by atoms with E-state index in [0.717, 1.165) is 9.35 Å². The summed E-state index contributed by atoms with van der Waals surface area (Å²) in [6.07, 6.45) is 0. The lowest BCUT2D eigenvalue weighted by Crippen LogP contribution is -2.11. The molecule has 20 heavy (non-hydrogen) atoms. The number of hydrogen-bond acceptors (Lipinski definition) is 4. The fourth-order valence-corrected chi connectivity index (χ4v) is 4.76. The molecule has 1 heterocycles. The smallest absolute Gasteiger partial charge is 0.271 e. The molecule has 4 nitrogen and oxygen atoms in total. The molecular formula is C12H12BrClN2O2S2. The van der Waals surface area contributed by atoms with Crippen LogP contribution in [0.1, 0.15) is 4.88 Å². The number of hydrogen-bond donors (Lipinski definition) is 2. The lowest BCUT2D eigenvalue weighted by molar-refractivity contribution is 0.603. The fraction of sp³-hybridized carbons (Fsp3) is 0.167. The molecule has 1 aromatic carbocycles. The van der Waals surface area contributed by atoms with Crippen molar-refractivity contribution in [3.05, 3.63) is 44.7 Å². The van der Waals surface area contributed by atoms with E-state index in [1.807, 2.05) is 7.05 Å². The molecule has 0 saturated carbocycles. The highest BCUT2D eigenvalue weighted by Gasteiger charge is 2.18. The van der Waals surface area contributed by atoms with Gasteiger partial charge in [0.1, 0.15) is 4.21 Å². The minimum Gasteiger partial charge on any atom is -0.315 e. The highest BCUT2D eigenvalue weighted by Crippen LogP contribution is 2.29. The third-order valence-corrected chi connectivity index (χ3v) is 6.18. The summed E-state index contributed by atoms with van der Waals surface area (Å²) >= 11 is 10.5. The Labute approximate surface area is 135 Å². The first-order chi connectivity index (χ1) is 9.42. The van der Waals surface area contributed by atoms with E-state index < -0.39 is 10.0 Å². The van der Waals surface area contributed by atoms with Crippen LogP contribution in [0, 0.1) is 0 Å². The first kappa shape index (κ1) is 15.8. The van der Waals surface area contributed by atoms with Gasteiger partial charge in [0.05, 0.1) is 10.7 Å². The molecule has 0 aliphatic carbocycles. The molecule has 0 radical (unpaired) electrons. The van der Waals surface area contributed by atoms with Gasteiger partial charge in [0, 0.05) is 15.9 Å². The first-order valence-electron chi connectivity index (χ1n) is 5.63. The van der Waals surface area contributed by atoms with E-state index >= 15 is 0 Å². The van der Waals surface area contributed by atoms with Crippen LogP contribution in [0.2, 0.25) is 5.02 Å². The number of thiophene rings is 1. The van der Waals surface area contributed by atoms with Crippen molar-refractivity contribution in [2.75, 3.05) is 11.8 Å². The summed E-state index contributed by atoms with van der Waals surface area (Å²) in [5, 5.41) is 3.33. The summed E-state index contributed by atoms with van der Waals surface area (Å²) in [4.78, 5) is 0.953. The zero-order valence-corrected chi connectivity index (χ0v) is 14.5. The zero-order chi connectivity index (χ0) is 14.8. The van der Waals surface area contributed by atoms with Crippen molar-refractivity contribution >= 4 is 54.6 Å². The van der Waals surface area contributed by atoms with E-state index in [2.05, 4.69) is 26.0 Å². The fourth-order valence-electron chi connectivity index (χ4n) is 1.54. The molecule has 0 saturated heterocycles. The Hall–Kier alpha value is -0.600. The van der Waals surface area contributed by atoms with Gasteiger partial charge < -0.3 is 5.32 Å². The summed E-state index contributed by atoms with van der Waals surface area (Å²) in [7, 11) is -1.79. The first-order valence-corrected chi connectivity index (χ1v) is 9.10. The van der Waals surface area contributed by atoms with Crippen LogP contribution >= 0.6 is 38.9 Å². The van der Waals surface area contributed by atoms with E-state index in [4.69, 9.17) is 11.6 Å². The van der Waals surface area contributed by atoms with Gasteiger partial charge in [-0.2, -0.15) is 0 Å². The average Bonchev–Trinajstić information content (AvgIpc) is 2.83.